The van der Waals surface area contributed by atoms with Crippen molar-refractivity contribution in [1.82, 2.24) is 4.90 Å². The van der Waals surface area contributed by atoms with Gasteiger partial charge < -0.3 is 24.6 Å². The van der Waals surface area contributed by atoms with E-state index in [1.54, 1.807) is 11.9 Å². The van der Waals surface area contributed by atoms with E-state index in [9.17, 15) is 4.79 Å². The molecule has 6 nitrogen and oxygen atoms in total. The minimum atomic E-state index is -0.763. The van der Waals surface area contributed by atoms with Crippen LogP contribution in [0, 0.1) is 0 Å². The van der Waals surface area contributed by atoms with Crippen LogP contribution in [0.25, 0.3) is 0 Å². The monoisotopic (exact) mass is 233 g/mol. The van der Waals surface area contributed by atoms with Gasteiger partial charge in [0.25, 0.3) is 0 Å². The summed E-state index contributed by atoms with van der Waals surface area (Å²) in [5, 5.41) is 17.8. The van der Waals surface area contributed by atoms with Gasteiger partial charge in [-0.05, 0) is 7.05 Å². The molecule has 0 bridgehead atoms. The van der Waals surface area contributed by atoms with Gasteiger partial charge in [0.2, 0.25) is 0 Å². The van der Waals surface area contributed by atoms with Gasteiger partial charge in [-0.2, -0.15) is 0 Å². The van der Waals surface area contributed by atoms with Crippen molar-refractivity contribution in [3.63, 3.8) is 0 Å². The van der Waals surface area contributed by atoms with Gasteiger partial charge in [-0.3, -0.25) is 4.79 Å². The molecule has 16 heavy (non-hydrogen) atoms. The molecule has 94 valence electrons. The average molecular weight is 233 g/mol. The maximum absolute atomic E-state index is 11.2. The molecule has 2 atom stereocenters. The Morgan fingerprint density at radius 1 is 1.69 bits per heavy atom. The van der Waals surface area contributed by atoms with Crippen molar-refractivity contribution in [2.45, 2.75) is 18.6 Å². The number of epoxide rings is 1. The number of ether oxygens (including phenoxy) is 2. The Morgan fingerprint density at radius 2 is 2.38 bits per heavy atom. The van der Waals surface area contributed by atoms with Gasteiger partial charge in [0, 0.05) is 13.1 Å². The number of hydrogen-bond donors (Lipinski definition) is 2. The quantitative estimate of drug-likeness (QED) is 0.396. The molecule has 0 saturated carbocycles. The van der Waals surface area contributed by atoms with Crippen LogP contribution in [0.3, 0.4) is 0 Å². The Labute approximate surface area is 94.8 Å². The van der Waals surface area contributed by atoms with Gasteiger partial charge in [-0.1, -0.05) is 0 Å². The first-order valence-electron chi connectivity index (χ1n) is 5.36. The molecule has 1 rings (SSSR count). The molecular formula is C10H19NO5. The van der Waals surface area contributed by atoms with Crippen LogP contribution in [-0.4, -0.2) is 73.2 Å². The fourth-order valence-corrected chi connectivity index (χ4v) is 1.21. The van der Waals surface area contributed by atoms with Gasteiger partial charge in [-0.15, -0.1) is 0 Å². The van der Waals surface area contributed by atoms with E-state index < -0.39 is 6.10 Å². The maximum Gasteiger partial charge on any atom is 0.307 e. The lowest BCUT2D eigenvalue weighted by Crippen LogP contribution is -2.33. The summed E-state index contributed by atoms with van der Waals surface area (Å²) in [7, 11) is 1.77. The number of nitrogens with zero attached hydrogens (tertiary/aromatic N) is 1. The van der Waals surface area contributed by atoms with Crippen molar-refractivity contribution >= 4 is 5.97 Å². The molecule has 1 aliphatic heterocycles. The van der Waals surface area contributed by atoms with Crippen molar-refractivity contribution < 1.29 is 24.5 Å². The molecule has 0 spiro atoms. The van der Waals surface area contributed by atoms with Crippen molar-refractivity contribution in [3.05, 3.63) is 0 Å². The highest BCUT2D eigenvalue weighted by atomic mass is 16.6. The summed E-state index contributed by atoms with van der Waals surface area (Å²) in [6.45, 7) is 1.59. The number of aliphatic hydroxyl groups is 2. The predicted octanol–water partition coefficient (Wildman–Crippen LogP) is -1.40. The Kier molecular flexibility index (Phi) is 5.68. The van der Waals surface area contributed by atoms with E-state index in [1.807, 2.05) is 0 Å². The molecule has 1 heterocycles. The summed E-state index contributed by atoms with van der Waals surface area (Å²) in [5.41, 5.74) is 0. The van der Waals surface area contributed by atoms with E-state index in [0.717, 1.165) is 0 Å². The Bertz CT molecular complexity index is 219. The molecule has 6 heteroatoms. The van der Waals surface area contributed by atoms with Gasteiger partial charge in [0.15, 0.2) is 0 Å². The molecule has 0 aliphatic carbocycles. The SMILES string of the molecule is CN(CCC(=O)OCC1CO1)CC(O)CO. The van der Waals surface area contributed by atoms with Gasteiger partial charge in [0.05, 0.1) is 25.7 Å². The summed E-state index contributed by atoms with van der Waals surface area (Å²) in [6.07, 6.45) is -0.389. The molecule has 0 aromatic carbocycles. The summed E-state index contributed by atoms with van der Waals surface area (Å²) >= 11 is 0. The number of esters is 1. The van der Waals surface area contributed by atoms with Crippen LogP contribution in [0.15, 0.2) is 0 Å². The minimum Gasteiger partial charge on any atom is -0.463 e. The predicted molar refractivity (Wildman–Crippen MR) is 55.9 cm³/mol. The smallest absolute Gasteiger partial charge is 0.307 e. The number of carbonyl (C=O) groups excluding carboxylic acids is 1. The van der Waals surface area contributed by atoms with Gasteiger partial charge in [-0.25, -0.2) is 0 Å². The first-order valence-corrected chi connectivity index (χ1v) is 5.36. The molecule has 2 N–H and O–H groups in total. The molecule has 2 unspecified atom stereocenters. The molecule has 1 fully saturated rings. The highest BCUT2D eigenvalue weighted by Gasteiger charge is 2.24. The van der Waals surface area contributed by atoms with Crippen molar-refractivity contribution in [1.29, 1.82) is 0 Å². The van der Waals surface area contributed by atoms with Crippen molar-refractivity contribution in [2.75, 3.05) is 40.0 Å². The third kappa shape index (κ3) is 6.02. The molecule has 0 aromatic rings. The summed E-state index contributed by atoms with van der Waals surface area (Å²) in [4.78, 5) is 13.0. The van der Waals surface area contributed by atoms with E-state index in [2.05, 4.69) is 0 Å². The molecule has 0 amide bonds. The Balaban J connectivity index is 2.00. The molecule has 1 aliphatic rings. The van der Waals surface area contributed by atoms with Crippen LogP contribution in [0.1, 0.15) is 6.42 Å². The zero-order valence-corrected chi connectivity index (χ0v) is 9.46. The van der Waals surface area contributed by atoms with Crippen molar-refractivity contribution in [3.8, 4) is 0 Å². The van der Waals surface area contributed by atoms with Crippen LogP contribution in [0.5, 0.6) is 0 Å². The number of rotatable bonds is 8. The Hall–Kier alpha value is -0.690. The summed E-state index contributed by atoms with van der Waals surface area (Å²) < 4.78 is 9.85. The van der Waals surface area contributed by atoms with Crippen LogP contribution < -0.4 is 0 Å². The summed E-state index contributed by atoms with van der Waals surface area (Å²) in [6, 6.07) is 0. The average Bonchev–Trinajstić information content (AvgIpc) is 3.07. The van der Waals surface area contributed by atoms with Crippen LogP contribution in [-0.2, 0) is 14.3 Å². The third-order valence-corrected chi connectivity index (χ3v) is 2.26. The number of aliphatic hydroxyl groups excluding tert-OH is 2. The highest BCUT2D eigenvalue weighted by Crippen LogP contribution is 2.08. The molecule has 0 radical (unpaired) electrons. The molecular weight excluding hydrogens is 214 g/mol. The second-order valence-electron chi connectivity index (χ2n) is 3.99. The standard InChI is InChI=1S/C10H19NO5/c1-11(4-8(13)5-12)3-2-10(14)16-7-9-6-15-9/h8-9,12-13H,2-7H2,1H3. The van der Waals surface area contributed by atoms with E-state index in [0.29, 0.717) is 26.3 Å². The lowest BCUT2D eigenvalue weighted by molar-refractivity contribution is -0.144. The zero-order chi connectivity index (χ0) is 12.0. The lowest BCUT2D eigenvalue weighted by Gasteiger charge is -2.18. The van der Waals surface area contributed by atoms with Crippen LogP contribution in [0.4, 0.5) is 0 Å². The molecule has 1 saturated heterocycles. The first kappa shape index (κ1) is 13.4. The zero-order valence-electron chi connectivity index (χ0n) is 9.46. The fourth-order valence-electron chi connectivity index (χ4n) is 1.21. The first-order chi connectivity index (χ1) is 7.61. The lowest BCUT2D eigenvalue weighted by atomic mass is 10.3. The van der Waals surface area contributed by atoms with Crippen molar-refractivity contribution in [2.24, 2.45) is 0 Å². The highest BCUT2D eigenvalue weighted by molar-refractivity contribution is 5.69. The number of hydrogen-bond acceptors (Lipinski definition) is 6. The second kappa shape index (κ2) is 6.80. The van der Waals surface area contributed by atoms with E-state index in [1.165, 1.54) is 0 Å². The maximum atomic E-state index is 11.2. The second-order valence-corrected chi connectivity index (χ2v) is 3.99. The number of likely N-dealkylation sites (N-methyl/N-ethyl adjacent to an activating group) is 1. The molecule has 0 aromatic heterocycles. The normalized spacial score (nSPS) is 20.9. The van der Waals surface area contributed by atoms with E-state index in [4.69, 9.17) is 19.7 Å². The summed E-state index contributed by atoms with van der Waals surface area (Å²) in [5.74, 6) is -0.263. The van der Waals surface area contributed by atoms with Crippen LogP contribution >= 0.6 is 0 Å². The largest absolute Gasteiger partial charge is 0.463 e. The minimum absolute atomic E-state index is 0.0953. The Morgan fingerprint density at radius 3 is 2.94 bits per heavy atom. The third-order valence-electron chi connectivity index (χ3n) is 2.26. The van der Waals surface area contributed by atoms with E-state index >= 15 is 0 Å². The van der Waals surface area contributed by atoms with E-state index in [-0.39, 0.29) is 25.1 Å². The van der Waals surface area contributed by atoms with Gasteiger partial charge in [0.1, 0.15) is 12.7 Å². The number of carbonyl (C=O) groups is 1. The van der Waals surface area contributed by atoms with Crippen LogP contribution in [0.2, 0.25) is 0 Å². The topological polar surface area (TPSA) is 82.5 Å². The van der Waals surface area contributed by atoms with Gasteiger partial charge >= 0.3 is 5.97 Å². The fraction of sp³-hybridized carbons (Fsp3) is 0.900.